The fraction of sp³-hybridized carbons (Fsp3) is 0.143. The van der Waals surface area contributed by atoms with Gasteiger partial charge in [0.25, 0.3) is 0 Å². The van der Waals surface area contributed by atoms with E-state index in [1.165, 1.54) is 0 Å². The number of rotatable bonds is 5. The van der Waals surface area contributed by atoms with E-state index < -0.39 is 0 Å². The molecule has 0 saturated heterocycles. The molecule has 21 heavy (non-hydrogen) atoms. The molecule has 7 heteroatoms. The Bertz CT molecular complexity index is 662. The summed E-state index contributed by atoms with van der Waals surface area (Å²) in [5, 5.41) is 11.9. The van der Waals surface area contributed by atoms with Gasteiger partial charge in [-0.1, -0.05) is 22.8 Å². The molecule has 0 aliphatic carbocycles. The Balaban J connectivity index is 2.08. The van der Waals surface area contributed by atoms with Crippen molar-refractivity contribution in [2.24, 2.45) is 10.9 Å². The minimum Gasteiger partial charge on any atom is -0.487 e. The average Bonchev–Trinajstić information content (AvgIpc) is 2.52. The van der Waals surface area contributed by atoms with Gasteiger partial charge in [0.1, 0.15) is 12.4 Å². The number of benzene rings is 1. The first-order valence-electron chi connectivity index (χ1n) is 6.04. The largest absolute Gasteiger partial charge is 0.487 e. The molecule has 0 fully saturated rings. The predicted octanol–water partition coefficient (Wildman–Crippen LogP) is 2.42. The van der Waals surface area contributed by atoms with Crippen LogP contribution in [0.15, 0.2) is 41.6 Å². The number of hydrogen-bond acceptors (Lipinski definition) is 5. The number of nitrogens with two attached hydrogens (primary N) is 1. The first kappa shape index (κ1) is 14.9. The minimum atomic E-state index is -0.0546. The molecule has 0 radical (unpaired) electrons. The lowest BCUT2D eigenvalue weighted by molar-refractivity contribution is 0.298. The first-order chi connectivity index (χ1) is 10.1. The normalized spacial score (nSPS) is 11.2. The number of amidine groups is 1. The van der Waals surface area contributed by atoms with Gasteiger partial charge >= 0.3 is 0 Å². The van der Waals surface area contributed by atoms with Gasteiger partial charge in [-0.25, -0.2) is 4.98 Å². The van der Waals surface area contributed by atoms with Crippen LogP contribution in [0.25, 0.3) is 0 Å². The highest BCUT2D eigenvalue weighted by atomic mass is 35.5. The van der Waals surface area contributed by atoms with Gasteiger partial charge in [-0.2, -0.15) is 0 Å². The average molecular weight is 308 g/mol. The molecule has 0 aliphatic heterocycles. The molecule has 2 rings (SSSR count). The lowest BCUT2D eigenvalue weighted by Crippen LogP contribution is -2.13. The summed E-state index contributed by atoms with van der Waals surface area (Å²) in [7, 11) is 1.55. The molecule has 1 aromatic carbocycles. The molecule has 1 aromatic heterocycles. The van der Waals surface area contributed by atoms with Crippen molar-refractivity contribution < 1.29 is 14.7 Å². The van der Waals surface area contributed by atoms with E-state index in [2.05, 4.69) is 10.1 Å². The quantitative estimate of drug-likeness (QED) is 0.383. The second-order valence-electron chi connectivity index (χ2n) is 4.09. The van der Waals surface area contributed by atoms with E-state index in [1.54, 1.807) is 31.4 Å². The monoisotopic (exact) mass is 307 g/mol. The Morgan fingerprint density at radius 3 is 2.86 bits per heavy atom. The zero-order valence-electron chi connectivity index (χ0n) is 11.3. The zero-order chi connectivity index (χ0) is 15.2. The molecule has 0 aliphatic rings. The number of halogens is 1. The second-order valence-corrected chi connectivity index (χ2v) is 4.49. The van der Waals surface area contributed by atoms with Gasteiger partial charge in [0, 0.05) is 11.6 Å². The van der Waals surface area contributed by atoms with E-state index >= 15 is 0 Å². The fourth-order valence-corrected chi connectivity index (χ4v) is 1.92. The van der Waals surface area contributed by atoms with Gasteiger partial charge in [-0.3, -0.25) is 0 Å². The maximum atomic E-state index is 8.64. The number of nitrogens with zero attached hydrogens (tertiary/aromatic N) is 2. The summed E-state index contributed by atoms with van der Waals surface area (Å²) in [6.45, 7) is 0.274. The molecule has 0 spiro atoms. The lowest BCUT2D eigenvalue weighted by atomic mass is 10.2. The number of ether oxygens (including phenoxy) is 2. The van der Waals surface area contributed by atoms with E-state index in [9.17, 15) is 0 Å². The van der Waals surface area contributed by atoms with Gasteiger partial charge < -0.3 is 20.4 Å². The van der Waals surface area contributed by atoms with Crippen molar-refractivity contribution in [3.8, 4) is 11.6 Å². The van der Waals surface area contributed by atoms with Crippen LogP contribution in [-0.4, -0.2) is 23.1 Å². The third-order valence-electron chi connectivity index (χ3n) is 2.70. The highest BCUT2D eigenvalue weighted by molar-refractivity contribution is 6.34. The summed E-state index contributed by atoms with van der Waals surface area (Å²) in [4.78, 5) is 4.24. The van der Waals surface area contributed by atoms with Crippen molar-refractivity contribution >= 4 is 17.4 Å². The fourth-order valence-electron chi connectivity index (χ4n) is 1.66. The van der Waals surface area contributed by atoms with Crippen molar-refractivity contribution in [3.63, 3.8) is 0 Å². The van der Waals surface area contributed by atoms with Gasteiger partial charge in [-0.15, -0.1) is 0 Å². The first-order valence-corrected chi connectivity index (χ1v) is 6.42. The number of pyridine rings is 1. The van der Waals surface area contributed by atoms with E-state index in [0.29, 0.717) is 22.2 Å². The summed E-state index contributed by atoms with van der Waals surface area (Å²) < 4.78 is 10.6. The van der Waals surface area contributed by atoms with Crippen molar-refractivity contribution in [1.29, 1.82) is 0 Å². The molecular weight excluding hydrogens is 294 g/mol. The van der Waals surface area contributed by atoms with E-state index in [-0.39, 0.29) is 12.4 Å². The molecule has 110 valence electrons. The van der Waals surface area contributed by atoms with Crippen LogP contribution in [-0.2, 0) is 6.61 Å². The SMILES string of the molecule is COc1cccc(COc2ccc(/C(N)=N/O)c(Cl)c2)n1. The van der Waals surface area contributed by atoms with Gasteiger partial charge in [0.05, 0.1) is 17.8 Å². The minimum absolute atomic E-state index is 0.0546. The van der Waals surface area contributed by atoms with Crippen molar-refractivity contribution in [3.05, 3.63) is 52.7 Å². The number of oxime groups is 1. The summed E-state index contributed by atoms with van der Waals surface area (Å²) in [5.41, 5.74) is 6.66. The molecule has 0 amide bonds. The van der Waals surface area contributed by atoms with Gasteiger partial charge in [-0.05, 0) is 24.3 Å². The van der Waals surface area contributed by atoms with Crippen LogP contribution in [0.4, 0.5) is 0 Å². The van der Waals surface area contributed by atoms with Crippen LogP contribution in [0.2, 0.25) is 5.02 Å². The molecule has 6 nitrogen and oxygen atoms in total. The van der Waals surface area contributed by atoms with Gasteiger partial charge in [0.15, 0.2) is 5.84 Å². The second kappa shape index (κ2) is 6.81. The maximum Gasteiger partial charge on any atom is 0.213 e. The van der Waals surface area contributed by atoms with Crippen LogP contribution in [0.3, 0.4) is 0 Å². The maximum absolute atomic E-state index is 8.64. The van der Waals surface area contributed by atoms with Crippen LogP contribution < -0.4 is 15.2 Å². The molecule has 0 atom stereocenters. The summed E-state index contributed by atoms with van der Waals surface area (Å²) >= 11 is 6.04. The highest BCUT2D eigenvalue weighted by Crippen LogP contribution is 2.23. The molecule has 3 N–H and O–H groups in total. The number of aromatic nitrogens is 1. The Labute approximate surface area is 126 Å². The van der Waals surface area contributed by atoms with Crippen molar-refractivity contribution in [2.75, 3.05) is 7.11 Å². The number of hydrogen-bond donors (Lipinski definition) is 2. The summed E-state index contributed by atoms with van der Waals surface area (Å²) in [6, 6.07) is 10.3. The third-order valence-corrected chi connectivity index (χ3v) is 3.01. The lowest BCUT2D eigenvalue weighted by Gasteiger charge is -2.09. The Hall–Kier alpha value is -2.47. The Kier molecular flexibility index (Phi) is 4.84. The standard InChI is InChI=1S/C14H14ClN3O3/c1-20-13-4-2-3-9(17-13)8-21-10-5-6-11(12(15)7-10)14(16)18-19/h2-7,19H,8H2,1H3,(H2,16,18). The molecule has 0 unspecified atom stereocenters. The van der Waals surface area contributed by atoms with E-state index in [1.807, 2.05) is 12.1 Å². The Morgan fingerprint density at radius 2 is 2.19 bits per heavy atom. The third kappa shape index (κ3) is 3.76. The van der Waals surface area contributed by atoms with Crippen molar-refractivity contribution in [1.82, 2.24) is 4.98 Å². The molecule has 2 aromatic rings. The topological polar surface area (TPSA) is 90.0 Å². The molecular formula is C14H14ClN3O3. The van der Waals surface area contributed by atoms with Gasteiger partial charge in [0.2, 0.25) is 5.88 Å². The summed E-state index contributed by atoms with van der Waals surface area (Å²) in [5.74, 6) is 1.02. The smallest absolute Gasteiger partial charge is 0.213 e. The highest BCUT2D eigenvalue weighted by Gasteiger charge is 2.07. The molecule has 0 saturated carbocycles. The predicted molar refractivity (Wildman–Crippen MR) is 79.1 cm³/mol. The zero-order valence-corrected chi connectivity index (χ0v) is 12.0. The molecule has 1 heterocycles. The van der Waals surface area contributed by atoms with E-state index in [0.717, 1.165) is 5.69 Å². The Morgan fingerprint density at radius 1 is 1.38 bits per heavy atom. The number of methoxy groups -OCH3 is 1. The van der Waals surface area contributed by atoms with Crippen LogP contribution >= 0.6 is 11.6 Å². The van der Waals surface area contributed by atoms with Crippen LogP contribution in [0, 0.1) is 0 Å². The van der Waals surface area contributed by atoms with Crippen LogP contribution in [0.1, 0.15) is 11.3 Å². The summed E-state index contributed by atoms with van der Waals surface area (Å²) in [6.07, 6.45) is 0. The molecule has 0 bridgehead atoms. The van der Waals surface area contributed by atoms with Crippen molar-refractivity contribution in [2.45, 2.75) is 6.61 Å². The van der Waals surface area contributed by atoms with E-state index in [4.69, 9.17) is 32.0 Å². The van der Waals surface area contributed by atoms with Crippen LogP contribution in [0.5, 0.6) is 11.6 Å².